The predicted molar refractivity (Wildman–Crippen MR) is 277 cm³/mol. The molecule has 1 aromatic heterocycles. The van der Waals surface area contributed by atoms with Crippen LogP contribution in [0, 0.1) is 0 Å². The van der Waals surface area contributed by atoms with Gasteiger partial charge in [-0.15, -0.1) is 0 Å². The number of aromatic nitrogens is 3. The van der Waals surface area contributed by atoms with Gasteiger partial charge in [0.05, 0.1) is 5.41 Å². The quantitative estimate of drug-likeness (QED) is 0.160. The van der Waals surface area contributed by atoms with E-state index in [1.807, 2.05) is 30.3 Å². The zero-order valence-electron chi connectivity index (χ0n) is 36.5. The summed E-state index contributed by atoms with van der Waals surface area (Å²) in [7, 11) is 0. The van der Waals surface area contributed by atoms with Crippen molar-refractivity contribution in [2.24, 2.45) is 0 Å². The zero-order valence-corrected chi connectivity index (χ0v) is 36.5. The Labute approximate surface area is 389 Å². The Morgan fingerprint density at radius 3 is 1.40 bits per heavy atom. The molecule has 3 nitrogen and oxygen atoms in total. The number of nitrogens with zero attached hydrogens (tertiary/aromatic N) is 3. The molecule has 1 heterocycles. The number of rotatable bonds is 7. The average molecular weight is 852 g/mol. The normalized spacial score (nSPS) is 12.6. The van der Waals surface area contributed by atoms with Gasteiger partial charge < -0.3 is 0 Å². The van der Waals surface area contributed by atoms with E-state index in [2.05, 4.69) is 218 Å². The van der Waals surface area contributed by atoms with Crippen LogP contribution in [0.15, 0.2) is 249 Å². The van der Waals surface area contributed by atoms with E-state index in [1.54, 1.807) is 0 Å². The predicted octanol–water partition coefficient (Wildman–Crippen LogP) is 16.0. The molecular weight excluding hydrogens is 811 g/mol. The Morgan fingerprint density at radius 1 is 0.254 bits per heavy atom. The van der Waals surface area contributed by atoms with Crippen LogP contribution in [0.4, 0.5) is 0 Å². The van der Waals surface area contributed by atoms with Gasteiger partial charge in [-0.3, -0.25) is 0 Å². The Hall–Kier alpha value is -8.79. The van der Waals surface area contributed by atoms with E-state index in [9.17, 15) is 0 Å². The molecule has 1 aliphatic rings. The molecule has 11 aromatic carbocycles. The topological polar surface area (TPSA) is 38.7 Å². The third kappa shape index (κ3) is 6.31. The molecule has 1 aliphatic carbocycles. The zero-order chi connectivity index (χ0) is 44.3. The molecule has 0 amide bonds. The molecule has 0 aliphatic heterocycles. The third-order valence-electron chi connectivity index (χ3n) is 13.8. The van der Waals surface area contributed by atoms with E-state index < -0.39 is 5.41 Å². The Bertz CT molecular complexity index is 3800. The van der Waals surface area contributed by atoms with Crippen LogP contribution in [0.25, 0.3) is 99.9 Å². The summed E-state index contributed by atoms with van der Waals surface area (Å²) < 4.78 is 0. The maximum absolute atomic E-state index is 5.07. The van der Waals surface area contributed by atoms with Crippen molar-refractivity contribution < 1.29 is 0 Å². The molecule has 0 saturated heterocycles. The minimum Gasteiger partial charge on any atom is -0.208 e. The summed E-state index contributed by atoms with van der Waals surface area (Å²) >= 11 is 0. The van der Waals surface area contributed by atoms with Gasteiger partial charge in [0.15, 0.2) is 17.5 Å². The first-order chi connectivity index (χ1) is 33.2. The van der Waals surface area contributed by atoms with Crippen molar-refractivity contribution in [3.63, 3.8) is 0 Å². The lowest BCUT2D eigenvalue weighted by Gasteiger charge is -2.34. The first kappa shape index (κ1) is 38.6. The molecule has 312 valence electrons. The molecule has 0 atom stereocenters. The fourth-order valence-corrected chi connectivity index (χ4v) is 10.7. The lowest BCUT2D eigenvalue weighted by atomic mass is 9.66. The summed E-state index contributed by atoms with van der Waals surface area (Å²) in [5.74, 6) is 1.93. The number of fused-ring (bicyclic) bond motifs is 7. The van der Waals surface area contributed by atoms with Gasteiger partial charge in [0.25, 0.3) is 0 Å². The van der Waals surface area contributed by atoms with Crippen LogP contribution in [-0.2, 0) is 5.41 Å². The number of benzene rings is 11. The summed E-state index contributed by atoms with van der Waals surface area (Å²) in [5, 5.41) is 7.24. The smallest absolute Gasteiger partial charge is 0.164 e. The fraction of sp³-hybridized carbons (Fsp3) is 0.0156. The van der Waals surface area contributed by atoms with Gasteiger partial charge in [-0.25, -0.2) is 15.0 Å². The molecule has 0 unspecified atom stereocenters. The van der Waals surface area contributed by atoms with Gasteiger partial charge in [-0.2, -0.15) is 0 Å². The van der Waals surface area contributed by atoms with Crippen molar-refractivity contribution in [1.82, 2.24) is 15.0 Å². The molecule has 0 fully saturated rings. The highest BCUT2D eigenvalue weighted by atomic mass is 15.0. The van der Waals surface area contributed by atoms with E-state index in [0.717, 1.165) is 27.6 Å². The lowest BCUT2D eigenvalue weighted by molar-refractivity contribution is 0.775. The van der Waals surface area contributed by atoms with Crippen LogP contribution < -0.4 is 0 Å². The van der Waals surface area contributed by atoms with Crippen molar-refractivity contribution in [3.05, 3.63) is 271 Å². The van der Waals surface area contributed by atoms with Crippen LogP contribution in [0.5, 0.6) is 0 Å². The van der Waals surface area contributed by atoms with Gasteiger partial charge in [0.1, 0.15) is 0 Å². The van der Waals surface area contributed by atoms with Crippen molar-refractivity contribution >= 4 is 32.3 Å². The molecule has 0 bridgehead atoms. The van der Waals surface area contributed by atoms with E-state index in [4.69, 9.17) is 15.0 Å². The number of hydrogen-bond donors (Lipinski definition) is 0. The van der Waals surface area contributed by atoms with Crippen LogP contribution >= 0.6 is 0 Å². The Balaban J connectivity index is 0.898. The third-order valence-corrected chi connectivity index (χ3v) is 13.8. The largest absolute Gasteiger partial charge is 0.208 e. The Kier molecular flexibility index (Phi) is 9.07. The monoisotopic (exact) mass is 851 g/mol. The first-order valence-electron chi connectivity index (χ1n) is 22.9. The molecule has 12 aromatic rings. The first-order valence-corrected chi connectivity index (χ1v) is 22.9. The van der Waals surface area contributed by atoms with Crippen LogP contribution in [0.2, 0.25) is 0 Å². The number of hydrogen-bond acceptors (Lipinski definition) is 3. The SMILES string of the molecule is c1ccc(-c2nc(-c3ccc(-c4ccc(-c5ccc6c7c(ccc6c5)-c5ccccc5C7(c5ccccc5)c5ccccc5)c5ccccc45)cc3)nc(-c3ccc4ccccc4c3)n2)cc1. The van der Waals surface area contributed by atoms with E-state index in [-0.39, 0.29) is 0 Å². The molecule has 67 heavy (non-hydrogen) atoms. The Morgan fingerprint density at radius 2 is 0.716 bits per heavy atom. The minimum atomic E-state index is -0.466. The van der Waals surface area contributed by atoms with Gasteiger partial charge in [0, 0.05) is 16.7 Å². The van der Waals surface area contributed by atoms with Gasteiger partial charge in [-0.05, 0) is 100 Å². The molecule has 3 heteroatoms. The highest BCUT2D eigenvalue weighted by Crippen LogP contribution is 2.58. The van der Waals surface area contributed by atoms with Crippen LogP contribution in [-0.4, -0.2) is 15.0 Å². The van der Waals surface area contributed by atoms with E-state index in [0.29, 0.717) is 17.5 Å². The highest BCUT2D eigenvalue weighted by molar-refractivity contribution is 6.07. The maximum Gasteiger partial charge on any atom is 0.164 e. The fourth-order valence-electron chi connectivity index (χ4n) is 10.7. The molecule has 0 radical (unpaired) electrons. The van der Waals surface area contributed by atoms with Crippen molar-refractivity contribution in [3.8, 4) is 67.5 Å². The summed E-state index contributed by atoms with van der Waals surface area (Å²) in [5.41, 5.74) is 14.9. The second-order valence-corrected chi connectivity index (χ2v) is 17.5. The standard InChI is InChI=1S/C64H41N3/c1-4-17-44(18-5-1)61-65-62(67-63(66-61)49-33-28-42-16-10-11-19-46(42)40-49)45-31-29-43(30-32-45)52-38-39-53(56-25-13-12-24-55(52)56)47-34-36-54-48(41-47)35-37-58-57-26-14-15-27-59(57)64(60(54)58,50-20-6-2-7-21-50)51-22-8-3-9-23-51/h1-41H. The molecular formula is C64H41N3. The molecule has 0 N–H and O–H groups in total. The van der Waals surface area contributed by atoms with Gasteiger partial charge >= 0.3 is 0 Å². The second-order valence-electron chi connectivity index (χ2n) is 17.5. The summed E-state index contributed by atoms with van der Waals surface area (Å²) in [6, 6.07) is 89.8. The van der Waals surface area contributed by atoms with Gasteiger partial charge in [-0.1, -0.05) is 237 Å². The molecule has 0 spiro atoms. The average Bonchev–Trinajstić information content (AvgIpc) is 3.72. The van der Waals surface area contributed by atoms with Crippen molar-refractivity contribution in [2.45, 2.75) is 5.41 Å². The molecule has 0 saturated carbocycles. The van der Waals surface area contributed by atoms with Crippen LogP contribution in [0.3, 0.4) is 0 Å². The summed E-state index contributed by atoms with van der Waals surface area (Å²) in [6.45, 7) is 0. The summed E-state index contributed by atoms with van der Waals surface area (Å²) in [6.07, 6.45) is 0. The van der Waals surface area contributed by atoms with E-state index in [1.165, 1.54) is 77.0 Å². The molecule has 13 rings (SSSR count). The van der Waals surface area contributed by atoms with Crippen molar-refractivity contribution in [2.75, 3.05) is 0 Å². The summed E-state index contributed by atoms with van der Waals surface area (Å²) in [4.78, 5) is 15.1. The van der Waals surface area contributed by atoms with Crippen molar-refractivity contribution in [1.29, 1.82) is 0 Å². The van der Waals surface area contributed by atoms with Gasteiger partial charge in [0.2, 0.25) is 0 Å². The lowest BCUT2D eigenvalue weighted by Crippen LogP contribution is -2.28. The maximum atomic E-state index is 5.07. The highest BCUT2D eigenvalue weighted by Gasteiger charge is 2.47. The van der Waals surface area contributed by atoms with Crippen LogP contribution in [0.1, 0.15) is 22.3 Å². The minimum absolute atomic E-state index is 0.466. The van der Waals surface area contributed by atoms with E-state index >= 15 is 0 Å². The second kappa shape index (κ2) is 15.7.